The van der Waals surface area contributed by atoms with E-state index in [2.05, 4.69) is 9.88 Å². The standard InChI is InChI=1S/C13H17ClN2O/c14-10-4-5-15-11(8-10)9-16-6-7-17-13-3-1-2-12(13)16/h4-5,8,12-13H,1-3,6-7,9H2. The average Bonchev–Trinajstić information content (AvgIpc) is 2.78. The lowest BCUT2D eigenvalue weighted by Crippen LogP contribution is -2.47. The highest BCUT2D eigenvalue weighted by Gasteiger charge is 2.35. The maximum atomic E-state index is 5.99. The van der Waals surface area contributed by atoms with Crippen molar-refractivity contribution in [3.05, 3.63) is 29.0 Å². The van der Waals surface area contributed by atoms with Crippen LogP contribution in [-0.2, 0) is 11.3 Å². The maximum Gasteiger partial charge on any atom is 0.0731 e. The largest absolute Gasteiger partial charge is 0.375 e. The van der Waals surface area contributed by atoms with E-state index >= 15 is 0 Å². The second-order valence-electron chi connectivity index (χ2n) is 4.84. The molecule has 0 bridgehead atoms. The first-order chi connectivity index (χ1) is 8.33. The second kappa shape index (κ2) is 4.92. The van der Waals surface area contributed by atoms with Gasteiger partial charge in [0.05, 0.1) is 18.4 Å². The van der Waals surface area contributed by atoms with Gasteiger partial charge < -0.3 is 4.74 Å². The van der Waals surface area contributed by atoms with Gasteiger partial charge in [0.1, 0.15) is 0 Å². The van der Waals surface area contributed by atoms with E-state index < -0.39 is 0 Å². The van der Waals surface area contributed by atoms with Crippen molar-refractivity contribution in [3.8, 4) is 0 Å². The number of halogens is 1. The fourth-order valence-electron chi connectivity index (χ4n) is 2.95. The maximum absolute atomic E-state index is 5.99. The minimum atomic E-state index is 0.447. The van der Waals surface area contributed by atoms with Gasteiger partial charge in [-0.05, 0) is 31.4 Å². The van der Waals surface area contributed by atoms with Crippen molar-refractivity contribution in [2.75, 3.05) is 13.2 Å². The Hall–Kier alpha value is -0.640. The molecule has 0 N–H and O–H groups in total. The van der Waals surface area contributed by atoms with Crippen molar-refractivity contribution >= 4 is 11.6 Å². The Bertz CT molecular complexity index is 399. The summed E-state index contributed by atoms with van der Waals surface area (Å²) in [5, 5.41) is 0.770. The van der Waals surface area contributed by atoms with Crippen molar-refractivity contribution in [1.29, 1.82) is 0 Å². The highest BCUT2D eigenvalue weighted by atomic mass is 35.5. The summed E-state index contributed by atoms with van der Waals surface area (Å²) in [7, 11) is 0. The number of hydrogen-bond acceptors (Lipinski definition) is 3. The van der Waals surface area contributed by atoms with Gasteiger partial charge in [0.15, 0.2) is 0 Å². The molecule has 3 nitrogen and oxygen atoms in total. The predicted molar refractivity (Wildman–Crippen MR) is 67.0 cm³/mol. The van der Waals surface area contributed by atoms with Gasteiger partial charge in [-0.25, -0.2) is 0 Å². The normalized spacial score (nSPS) is 29.2. The molecule has 0 spiro atoms. The van der Waals surface area contributed by atoms with Crippen molar-refractivity contribution in [2.45, 2.75) is 38.0 Å². The van der Waals surface area contributed by atoms with Crippen molar-refractivity contribution < 1.29 is 4.74 Å². The first-order valence-electron chi connectivity index (χ1n) is 6.29. The first-order valence-corrected chi connectivity index (χ1v) is 6.67. The number of nitrogens with zero attached hydrogens (tertiary/aromatic N) is 2. The molecule has 2 aliphatic rings. The first kappa shape index (κ1) is 11.5. The quantitative estimate of drug-likeness (QED) is 0.809. The molecule has 1 saturated carbocycles. The topological polar surface area (TPSA) is 25.4 Å². The summed E-state index contributed by atoms with van der Waals surface area (Å²) in [6.07, 6.45) is 5.98. The molecule has 1 aromatic rings. The van der Waals surface area contributed by atoms with Gasteiger partial charge >= 0.3 is 0 Å². The van der Waals surface area contributed by atoms with Crippen LogP contribution >= 0.6 is 11.6 Å². The van der Waals surface area contributed by atoms with Gasteiger partial charge in [0, 0.05) is 30.4 Å². The van der Waals surface area contributed by atoms with Gasteiger partial charge in [0.25, 0.3) is 0 Å². The number of aromatic nitrogens is 1. The molecular weight excluding hydrogens is 236 g/mol. The van der Waals surface area contributed by atoms with Crippen LogP contribution in [0.2, 0.25) is 5.02 Å². The molecule has 2 unspecified atom stereocenters. The highest BCUT2D eigenvalue weighted by molar-refractivity contribution is 6.30. The van der Waals surface area contributed by atoms with Crippen LogP contribution in [0.15, 0.2) is 18.3 Å². The third-order valence-corrected chi connectivity index (χ3v) is 3.98. The van der Waals surface area contributed by atoms with Gasteiger partial charge in [-0.3, -0.25) is 9.88 Å². The Morgan fingerprint density at radius 1 is 1.47 bits per heavy atom. The summed E-state index contributed by atoms with van der Waals surface area (Å²) in [6, 6.07) is 4.37. The predicted octanol–water partition coefficient (Wildman–Crippen LogP) is 2.49. The zero-order chi connectivity index (χ0) is 11.7. The smallest absolute Gasteiger partial charge is 0.0731 e. The third-order valence-electron chi connectivity index (χ3n) is 3.74. The van der Waals surface area contributed by atoms with Crippen LogP contribution in [0.4, 0.5) is 0 Å². The van der Waals surface area contributed by atoms with Gasteiger partial charge in [-0.2, -0.15) is 0 Å². The van der Waals surface area contributed by atoms with Gasteiger partial charge in [0.2, 0.25) is 0 Å². The lowest BCUT2D eigenvalue weighted by atomic mass is 10.1. The summed E-state index contributed by atoms with van der Waals surface area (Å²) in [5.74, 6) is 0. The number of pyridine rings is 1. The molecule has 17 heavy (non-hydrogen) atoms. The van der Waals surface area contributed by atoms with Crippen LogP contribution in [0.1, 0.15) is 25.0 Å². The fourth-order valence-corrected chi connectivity index (χ4v) is 3.13. The number of ether oxygens (including phenoxy) is 1. The van der Waals surface area contributed by atoms with E-state index in [1.54, 1.807) is 6.20 Å². The lowest BCUT2D eigenvalue weighted by molar-refractivity contribution is -0.0592. The van der Waals surface area contributed by atoms with E-state index in [9.17, 15) is 0 Å². The number of morpholine rings is 1. The molecule has 1 aliphatic heterocycles. The molecule has 0 radical (unpaired) electrons. The summed E-state index contributed by atoms with van der Waals surface area (Å²) in [4.78, 5) is 6.88. The second-order valence-corrected chi connectivity index (χ2v) is 5.28. The minimum Gasteiger partial charge on any atom is -0.375 e. The molecule has 0 aromatic carbocycles. The summed E-state index contributed by atoms with van der Waals surface area (Å²) < 4.78 is 5.81. The molecule has 0 amide bonds. The van der Waals surface area contributed by atoms with Crippen LogP contribution in [0.5, 0.6) is 0 Å². The molecule has 1 saturated heterocycles. The Balaban J connectivity index is 1.71. The number of hydrogen-bond donors (Lipinski definition) is 0. The highest BCUT2D eigenvalue weighted by Crippen LogP contribution is 2.30. The Labute approximate surface area is 107 Å². The molecule has 1 aromatic heterocycles. The van der Waals surface area contributed by atoms with Crippen LogP contribution in [0.25, 0.3) is 0 Å². The summed E-state index contributed by atoms with van der Waals surface area (Å²) >= 11 is 5.99. The Morgan fingerprint density at radius 3 is 3.29 bits per heavy atom. The third kappa shape index (κ3) is 2.46. The van der Waals surface area contributed by atoms with E-state index in [0.29, 0.717) is 12.1 Å². The number of rotatable bonds is 2. The Kier molecular flexibility index (Phi) is 3.32. The molecule has 2 atom stereocenters. The molecule has 92 valence electrons. The number of fused-ring (bicyclic) bond motifs is 1. The zero-order valence-corrected chi connectivity index (χ0v) is 10.6. The monoisotopic (exact) mass is 252 g/mol. The zero-order valence-electron chi connectivity index (χ0n) is 9.81. The van der Waals surface area contributed by atoms with E-state index in [0.717, 1.165) is 30.4 Å². The van der Waals surface area contributed by atoms with Gasteiger partial charge in [-0.15, -0.1) is 0 Å². The average molecular weight is 253 g/mol. The van der Waals surface area contributed by atoms with Gasteiger partial charge in [-0.1, -0.05) is 11.6 Å². The molecular formula is C13H17ClN2O. The van der Waals surface area contributed by atoms with Crippen LogP contribution in [0, 0.1) is 0 Å². The Morgan fingerprint density at radius 2 is 2.41 bits per heavy atom. The molecule has 3 rings (SSSR count). The van der Waals surface area contributed by atoms with Crippen LogP contribution in [0.3, 0.4) is 0 Å². The van der Waals surface area contributed by atoms with Crippen LogP contribution < -0.4 is 0 Å². The summed E-state index contributed by atoms with van der Waals surface area (Å²) in [5.41, 5.74) is 1.06. The van der Waals surface area contributed by atoms with Crippen molar-refractivity contribution in [3.63, 3.8) is 0 Å². The van der Waals surface area contributed by atoms with E-state index in [1.807, 2.05) is 12.1 Å². The molecule has 2 fully saturated rings. The SMILES string of the molecule is Clc1ccnc(CN2CCOC3CCCC32)c1. The van der Waals surface area contributed by atoms with Crippen molar-refractivity contribution in [2.24, 2.45) is 0 Å². The summed E-state index contributed by atoms with van der Waals surface area (Å²) in [6.45, 7) is 2.75. The van der Waals surface area contributed by atoms with E-state index in [-0.39, 0.29) is 0 Å². The molecule has 4 heteroatoms. The lowest BCUT2D eigenvalue weighted by Gasteiger charge is -2.37. The van der Waals surface area contributed by atoms with E-state index in [4.69, 9.17) is 16.3 Å². The van der Waals surface area contributed by atoms with Crippen LogP contribution in [-0.4, -0.2) is 35.2 Å². The molecule has 1 aliphatic carbocycles. The van der Waals surface area contributed by atoms with E-state index in [1.165, 1.54) is 19.3 Å². The van der Waals surface area contributed by atoms with Crippen molar-refractivity contribution in [1.82, 2.24) is 9.88 Å². The fraction of sp³-hybridized carbons (Fsp3) is 0.615. The minimum absolute atomic E-state index is 0.447. The molecule has 2 heterocycles.